The van der Waals surface area contributed by atoms with E-state index in [1.54, 1.807) is 0 Å². The average molecular weight is 585 g/mol. The first-order chi connectivity index (χ1) is 17.5. The van der Waals surface area contributed by atoms with E-state index in [1.165, 1.54) is 5.56 Å². The third kappa shape index (κ3) is 8.61. The van der Waals surface area contributed by atoms with Crippen LogP contribution in [0.15, 0.2) is 48.5 Å². The average Bonchev–Trinajstić information content (AvgIpc) is 2.74. The molecule has 0 unspecified atom stereocenters. The Labute approximate surface area is 243 Å². The molecule has 0 fully saturated rings. The number of hydrogen-bond acceptors (Lipinski definition) is 3. The van der Waals surface area contributed by atoms with Gasteiger partial charge in [-0.25, -0.2) is 0 Å². The van der Waals surface area contributed by atoms with Crippen LogP contribution in [0, 0.1) is 0 Å². The van der Waals surface area contributed by atoms with Crippen molar-refractivity contribution in [2.24, 2.45) is 0 Å². The van der Waals surface area contributed by atoms with E-state index in [1.807, 2.05) is 0 Å². The van der Waals surface area contributed by atoms with Crippen LogP contribution < -0.4 is 13.3 Å². The Morgan fingerprint density at radius 2 is 0.974 bits per heavy atom. The van der Waals surface area contributed by atoms with E-state index in [4.69, 9.17) is 13.3 Å². The van der Waals surface area contributed by atoms with Crippen molar-refractivity contribution in [3.05, 3.63) is 59.7 Å². The molecule has 2 aromatic carbocycles. The molecule has 0 atom stereocenters. The summed E-state index contributed by atoms with van der Waals surface area (Å²) in [5, 5.41) is 0.158. The highest BCUT2D eigenvalue weighted by molar-refractivity contribution is 6.76. The van der Waals surface area contributed by atoms with E-state index >= 15 is 0 Å². The molecule has 2 aromatic rings. The lowest BCUT2D eigenvalue weighted by molar-refractivity contribution is 0.412. The van der Waals surface area contributed by atoms with E-state index in [9.17, 15) is 0 Å². The first-order valence-electron chi connectivity index (χ1n) is 14.4. The third-order valence-electron chi connectivity index (χ3n) is 9.06. The van der Waals surface area contributed by atoms with Gasteiger partial charge in [0.05, 0.1) is 0 Å². The molecule has 6 heteroatoms. The highest BCUT2D eigenvalue weighted by atomic mass is 28.4. The maximum Gasteiger partial charge on any atom is 0.250 e. The van der Waals surface area contributed by atoms with Crippen LogP contribution in [0.1, 0.15) is 73.4 Å². The van der Waals surface area contributed by atoms with Crippen molar-refractivity contribution in [1.82, 2.24) is 0 Å². The molecule has 0 radical (unpaired) electrons. The maximum absolute atomic E-state index is 7.08. The number of benzene rings is 2. The van der Waals surface area contributed by atoms with Gasteiger partial charge in [-0.05, 0) is 84.1 Å². The molecule has 39 heavy (non-hydrogen) atoms. The predicted octanol–water partition coefficient (Wildman–Crippen LogP) is 11.1. The van der Waals surface area contributed by atoms with Crippen molar-refractivity contribution in [3.8, 4) is 17.2 Å². The van der Waals surface area contributed by atoms with Crippen LogP contribution >= 0.6 is 0 Å². The van der Waals surface area contributed by atoms with Gasteiger partial charge in [0.2, 0.25) is 0 Å². The van der Waals surface area contributed by atoms with E-state index in [0.29, 0.717) is 0 Å². The lowest BCUT2D eigenvalue weighted by atomic mass is 10.1. The van der Waals surface area contributed by atoms with Gasteiger partial charge in [0.15, 0.2) is 5.75 Å². The minimum atomic E-state index is -2.19. The van der Waals surface area contributed by atoms with Crippen LogP contribution in [-0.4, -0.2) is 25.0 Å². The lowest BCUT2D eigenvalue weighted by Crippen LogP contribution is -2.47. The Balaban J connectivity index is 2.76. The Morgan fingerprint density at radius 3 is 1.36 bits per heavy atom. The summed E-state index contributed by atoms with van der Waals surface area (Å²) in [5.41, 5.74) is 2.37. The summed E-state index contributed by atoms with van der Waals surface area (Å²) >= 11 is 0. The van der Waals surface area contributed by atoms with Gasteiger partial charge in [-0.2, -0.15) is 0 Å². The summed E-state index contributed by atoms with van der Waals surface area (Å²) in [6.07, 6.45) is 5.30. The monoisotopic (exact) mass is 584 g/mol. The first kappa shape index (κ1) is 33.4. The summed E-state index contributed by atoms with van der Waals surface area (Å²) in [7, 11) is -6.50. The molecule has 0 saturated carbocycles. The van der Waals surface area contributed by atoms with Crippen molar-refractivity contribution in [1.29, 1.82) is 0 Å². The van der Waals surface area contributed by atoms with E-state index in [2.05, 4.69) is 156 Å². The highest BCUT2D eigenvalue weighted by Crippen LogP contribution is 2.50. The van der Waals surface area contributed by atoms with Gasteiger partial charge in [-0.1, -0.05) is 105 Å². The smallest absolute Gasteiger partial charge is 0.250 e. The molecule has 0 spiro atoms. The summed E-state index contributed by atoms with van der Waals surface area (Å²) in [4.78, 5) is 0. The zero-order valence-corrected chi connectivity index (χ0v) is 30.6. The molecular formula is C33H56O3Si3. The number of rotatable bonds is 9. The minimum absolute atomic E-state index is 0.0454. The van der Waals surface area contributed by atoms with Gasteiger partial charge in [0.25, 0.3) is 25.0 Å². The van der Waals surface area contributed by atoms with Gasteiger partial charge in [-0.15, -0.1) is 0 Å². The fourth-order valence-electron chi connectivity index (χ4n) is 3.15. The zero-order valence-electron chi connectivity index (χ0n) is 27.6. The zero-order chi connectivity index (χ0) is 30.1. The second-order valence-electron chi connectivity index (χ2n) is 15.5. The van der Waals surface area contributed by atoms with Crippen molar-refractivity contribution < 1.29 is 13.3 Å². The molecule has 0 bridgehead atoms. The molecule has 0 aromatic heterocycles. The van der Waals surface area contributed by atoms with Crippen LogP contribution in [0.3, 0.4) is 0 Å². The van der Waals surface area contributed by atoms with Gasteiger partial charge in [0.1, 0.15) is 11.5 Å². The second-order valence-corrected chi connectivity index (χ2v) is 29.7. The summed E-state index contributed by atoms with van der Waals surface area (Å²) in [5.74, 6) is 2.43. The molecule has 0 aliphatic rings. The van der Waals surface area contributed by atoms with Crippen molar-refractivity contribution in [2.75, 3.05) is 0 Å². The fourth-order valence-corrected chi connectivity index (χ4v) is 6.19. The second kappa shape index (κ2) is 11.6. The standard InChI is InChI=1S/C33H56O3Si3/c1-31(2,3)37(10,11)34-28-24-27(23-19-22-26-20-17-16-18-21-26)25-29(35-38(12,13)32(4,5)6)30(28)36-39(14,15)33(7,8)9/h16-21,23-25H,22H2,1-15H3/b23-19-. The summed E-state index contributed by atoms with van der Waals surface area (Å²) in [6.45, 7) is 34.3. The molecule has 0 heterocycles. The highest BCUT2D eigenvalue weighted by Gasteiger charge is 2.44. The Kier molecular flexibility index (Phi) is 9.96. The number of hydrogen-bond donors (Lipinski definition) is 0. The Morgan fingerprint density at radius 1 is 0.590 bits per heavy atom. The molecule has 3 nitrogen and oxygen atoms in total. The lowest BCUT2D eigenvalue weighted by Gasteiger charge is -2.42. The molecular weight excluding hydrogens is 529 g/mol. The molecule has 0 aliphatic heterocycles. The van der Waals surface area contributed by atoms with Gasteiger partial charge < -0.3 is 13.3 Å². The Bertz CT molecular complexity index is 1080. The van der Waals surface area contributed by atoms with E-state index in [0.717, 1.165) is 29.2 Å². The van der Waals surface area contributed by atoms with Gasteiger partial charge in [-0.3, -0.25) is 0 Å². The van der Waals surface area contributed by atoms with Crippen molar-refractivity contribution in [2.45, 2.75) is 123 Å². The van der Waals surface area contributed by atoms with Gasteiger partial charge in [0, 0.05) is 0 Å². The predicted molar refractivity (Wildman–Crippen MR) is 179 cm³/mol. The van der Waals surface area contributed by atoms with Crippen LogP contribution in [-0.2, 0) is 6.42 Å². The largest absolute Gasteiger partial charge is 0.541 e. The Hall–Kier alpha value is -1.77. The fraction of sp³-hybridized carbons (Fsp3) is 0.576. The normalized spacial score (nSPS) is 14.0. The minimum Gasteiger partial charge on any atom is -0.541 e. The molecule has 2 rings (SSSR count). The molecule has 0 aliphatic carbocycles. The summed E-state index contributed by atoms with van der Waals surface area (Å²) in [6, 6.07) is 14.9. The van der Waals surface area contributed by atoms with E-state index < -0.39 is 25.0 Å². The van der Waals surface area contributed by atoms with Crippen molar-refractivity contribution in [3.63, 3.8) is 0 Å². The SMILES string of the molecule is CC(C)(C)[Si](C)(C)Oc1cc(/C=C\Cc2ccccc2)cc(O[Si](C)(C)C(C)(C)C)c1O[Si](C)(C)C(C)(C)C. The van der Waals surface area contributed by atoms with Gasteiger partial charge >= 0.3 is 0 Å². The van der Waals surface area contributed by atoms with Crippen LogP contribution in [0.2, 0.25) is 54.4 Å². The van der Waals surface area contributed by atoms with Crippen LogP contribution in [0.4, 0.5) is 0 Å². The van der Waals surface area contributed by atoms with Crippen LogP contribution in [0.5, 0.6) is 17.2 Å². The molecule has 0 amide bonds. The molecule has 0 saturated heterocycles. The third-order valence-corrected chi connectivity index (χ3v) is 22.1. The maximum atomic E-state index is 7.08. The number of allylic oxidation sites excluding steroid dienone is 1. The topological polar surface area (TPSA) is 27.7 Å². The summed E-state index contributed by atoms with van der Waals surface area (Å²) < 4.78 is 21.2. The first-order valence-corrected chi connectivity index (χ1v) is 23.1. The van der Waals surface area contributed by atoms with Crippen molar-refractivity contribution >= 4 is 31.0 Å². The molecule has 218 valence electrons. The van der Waals surface area contributed by atoms with Crippen LogP contribution in [0.25, 0.3) is 6.08 Å². The van der Waals surface area contributed by atoms with E-state index in [-0.39, 0.29) is 15.1 Å². The molecule has 0 N–H and O–H groups in total. The quantitative estimate of drug-likeness (QED) is 0.274.